The average Bonchev–Trinajstić information content (AvgIpc) is 2.44. The molecule has 1 aromatic carbocycles. The van der Waals surface area contributed by atoms with Crippen molar-refractivity contribution in [1.29, 1.82) is 0 Å². The summed E-state index contributed by atoms with van der Waals surface area (Å²) in [6, 6.07) is 6.76. The number of hydrogen-bond donors (Lipinski definition) is 1. The van der Waals surface area contributed by atoms with Crippen LogP contribution in [0.3, 0.4) is 0 Å². The summed E-state index contributed by atoms with van der Waals surface area (Å²) in [6.07, 6.45) is 6.83. The van der Waals surface area contributed by atoms with Gasteiger partial charge in [0.05, 0.1) is 25.4 Å². The summed E-state index contributed by atoms with van der Waals surface area (Å²) in [5.41, 5.74) is 2.80. The Morgan fingerprint density at radius 3 is 2.75 bits per heavy atom. The summed E-state index contributed by atoms with van der Waals surface area (Å²) < 4.78 is 11.7. The molecule has 0 spiro atoms. The van der Waals surface area contributed by atoms with E-state index in [0.29, 0.717) is 18.2 Å². The van der Waals surface area contributed by atoms with Gasteiger partial charge in [-0.15, -0.1) is 0 Å². The van der Waals surface area contributed by atoms with Gasteiger partial charge in [-0.1, -0.05) is 13.0 Å². The third kappa shape index (κ3) is 2.70. The van der Waals surface area contributed by atoms with Crippen LogP contribution in [0, 0.1) is 0 Å². The predicted octanol–water partition coefficient (Wildman–Crippen LogP) is 3.23. The van der Waals surface area contributed by atoms with Crippen LogP contribution in [0.25, 0.3) is 0 Å². The molecule has 1 fully saturated rings. The molecule has 20 heavy (non-hydrogen) atoms. The molecule has 2 unspecified atom stereocenters. The molecule has 3 nitrogen and oxygen atoms in total. The zero-order valence-electron chi connectivity index (χ0n) is 12.5. The molecule has 3 rings (SSSR count). The van der Waals surface area contributed by atoms with E-state index in [1.807, 2.05) is 0 Å². The second kappa shape index (κ2) is 6.15. The summed E-state index contributed by atoms with van der Waals surface area (Å²) in [5.74, 6) is 0.941. The average molecular weight is 275 g/mol. The van der Waals surface area contributed by atoms with Crippen LogP contribution in [-0.4, -0.2) is 25.9 Å². The molecule has 1 N–H and O–H groups in total. The highest BCUT2D eigenvalue weighted by atomic mass is 16.5. The van der Waals surface area contributed by atoms with Crippen molar-refractivity contribution in [3.63, 3.8) is 0 Å². The van der Waals surface area contributed by atoms with Gasteiger partial charge >= 0.3 is 0 Å². The SMILES string of the molecule is CCNC1c2cc(OC)ccc2CCC1OC1CCC1. The lowest BCUT2D eigenvalue weighted by molar-refractivity contribution is -0.0725. The fourth-order valence-electron chi connectivity index (χ4n) is 3.24. The molecule has 2 atom stereocenters. The quantitative estimate of drug-likeness (QED) is 0.895. The molecule has 110 valence electrons. The van der Waals surface area contributed by atoms with Crippen molar-refractivity contribution in [1.82, 2.24) is 5.32 Å². The molecule has 1 aromatic rings. The normalized spacial score (nSPS) is 25.9. The van der Waals surface area contributed by atoms with Gasteiger partial charge in [-0.3, -0.25) is 0 Å². The minimum absolute atomic E-state index is 0.305. The van der Waals surface area contributed by atoms with E-state index in [1.54, 1.807) is 7.11 Å². The fourth-order valence-corrected chi connectivity index (χ4v) is 3.24. The number of hydrogen-bond acceptors (Lipinski definition) is 3. The maximum Gasteiger partial charge on any atom is 0.119 e. The number of aryl methyl sites for hydroxylation is 1. The molecule has 0 heterocycles. The minimum Gasteiger partial charge on any atom is -0.497 e. The lowest BCUT2D eigenvalue weighted by Gasteiger charge is -2.38. The molecule has 0 saturated heterocycles. The van der Waals surface area contributed by atoms with Gasteiger partial charge in [-0.2, -0.15) is 0 Å². The van der Waals surface area contributed by atoms with Crippen molar-refractivity contribution in [2.24, 2.45) is 0 Å². The van der Waals surface area contributed by atoms with Gasteiger partial charge in [0.25, 0.3) is 0 Å². The Kier molecular flexibility index (Phi) is 4.27. The Labute approximate surface area is 121 Å². The zero-order valence-corrected chi connectivity index (χ0v) is 12.5. The monoisotopic (exact) mass is 275 g/mol. The van der Waals surface area contributed by atoms with Gasteiger partial charge in [0.1, 0.15) is 5.75 Å². The van der Waals surface area contributed by atoms with Crippen LogP contribution in [-0.2, 0) is 11.2 Å². The van der Waals surface area contributed by atoms with E-state index < -0.39 is 0 Å². The number of rotatable bonds is 5. The Morgan fingerprint density at radius 2 is 2.10 bits per heavy atom. The van der Waals surface area contributed by atoms with Crippen molar-refractivity contribution in [3.05, 3.63) is 29.3 Å². The Bertz CT molecular complexity index is 456. The number of likely N-dealkylation sites (N-methyl/N-ethyl adjacent to an activating group) is 1. The summed E-state index contributed by atoms with van der Waals surface area (Å²) in [7, 11) is 1.73. The van der Waals surface area contributed by atoms with Crippen molar-refractivity contribution in [2.75, 3.05) is 13.7 Å². The van der Waals surface area contributed by atoms with E-state index in [0.717, 1.165) is 25.1 Å². The largest absolute Gasteiger partial charge is 0.497 e. The lowest BCUT2D eigenvalue weighted by atomic mass is 9.84. The lowest BCUT2D eigenvalue weighted by Crippen LogP contribution is -2.41. The van der Waals surface area contributed by atoms with E-state index in [2.05, 4.69) is 30.4 Å². The van der Waals surface area contributed by atoms with Crippen LogP contribution in [0.5, 0.6) is 5.75 Å². The van der Waals surface area contributed by atoms with Crippen LogP contribution < -0.4 is 10.1 Å². The van der Waals surface area contributed by atoms with Gasteiger partial charge in [-0.05, 0) is 61.9 Å². The van der Waals surface area contributed by atoms with Crippen molar-refractivity contribution < 1.29 is 9.47 Å². The van der Waals surface area contributed by atoms with E-state index in [9.17, 15) is 0 Å². The molecular weight excluding hydrogens is 250 g/mol. The molecule has 0 aromatic heterocycles. The van der Waals surface area contributed by atoms with Gasteiger partial charge in [-0.25, -0.2) is 0 Å². The number of benzene rings is 1. The van der Waals surface area contributed by atoms with Crippen LogP contribution >= 0.6 is 0 Å². The maximum atomic E-state index is 6.32. The highest BCUT2D eigenvalue weighted by Gasteiger charge is 2.33. The third-order valence-electron chi connectivity index (χ3n) is 4.60. The standard InChI is InChI=1S/C17H25NO2/c1-3-18-17-15-11-14(19-2)9-7-12(15)8-10-16(17)20-13-5-4-6-13/h7,9,11,13,16-18H,3-6,8,10H2,1-2H3. The molecule has 0 bridgehead atoms. The smallest absolute Gasteiger partial charge is 0.119 e. The molecule has 0 amide bonds. The van der Waals surface area contributed by atoms with Crippen LogP contribution in [0.1, 0.15) is 49.8 Å². The molecular formula is C17H25NO2. The molecule has 0 radical (unpaired) electrons. The second-order valence-electron chi connectivity index (χ2n) is 5.87. The van der Waals surface area contributed by atoms with Crippen LogP contribution in [0.2, 0.25) is 0 Å². The van der Waals surface area contributed by atoms with Gasteiger partial charge in [0, 0.05) is 0 Å². The minimum atomic E-state index is 0.305. The summed E-state index contributed by atoms with van der Waals surface area (Å²) in [6.45, 7) is 3.13. The molecule has 3 heteroatoms. The number of fused-ring (bicyclic) bond motifs is 1. The molecule has 2 aliphatic carbocycles. The number of nitrogens with one attached hydrogen (secondary N) is 1. The molecule has 0 aliphatic heterocycles. The first-order valence-electron chi connectivity index (χ1n) is 7.87. The summed E-state index contributed by atoms with van der Waals surface area (Å²) >= 11 is 0. The first-order valence-corrected chi connectivity index (χ1v) is 7.87. The van der Waals surface area contributed by atoms with E-state index in [1.165, 1.54) is 30.4 Å². The Balaban J connectivity index is 1.83. The zero-order chi connectivity index (χ0) is 13.9. The van der Waals surface area contributed by atoms with Crippen molar-refractivity contribution >= 4 is 0 Å². The van der Waals surface area contributed by atoms with Crippen molar-refractivity contribution in [3.8, 4) is 5.75 Å². The topological polar surface area (TPSA) is 30.5 Å². The van der Waals surface area contributed by atoms with Gasteiger partial charge in [0.2, 0.25) is 0 Å². The van der Waals surface area contributed by atoms with E-state index in [-0.39, 0.29) is 0 Å². The molecule has 1 saturated carbocycles. The Morgan fingerprint density at radius 1 is 1.25 bits per heavy atom. The van der Waals surface area contributed by atoms with E-state index >= 15 is 0 Å². The number of ether oxygens (including phenoxy) is 2. The summed E-state index contributed by atoms with van der Waals surface area (Å²) in [5, 5.41) is 3.62. The van der Waals surface area contributed by atoms with E-state index in [4.69, 9.17) is 9.47 Å². The van der Waals surface area contributed by atoms with Gasteiger partial charge in [0.15, 0.2) is 0 Å². The van der Waals surface area contributed by atoms with Crippen LogP contribution in [0.4, 0.5) is 0 Å². The molecule has 2 aliphatic rings. The maximum absolute atomic E-state index is 6.32. The summed E-state index contributed by atoms with van der Waals surface area (Å²) in [4.78, 5) is 0. The highest BCUT2D eigenvalue weighted by molar-refractivity contribution is 5.40. The predicted molar refractivity (Wildman–Crippen MR) is 80.2 cm³/mol. The second-order valence-corrected chi connectivity index (χ2v) is 5.87. The highest BCUT2D eigenvalue weighted by Crippen LogP contribution is 2.36. The van der Waals surface area contributed by atoms with Crippen molar-refractivity contribution in [2.45, 2.75) is 57.3 Å². The Hall–Kier alpha value is -1.06. The van der Waals surface area contributed by atoms with Gasteiger partial charge < -0.3 is 14.8 Å². The fraction of sp³-hybridized carbons (Fsp3) is 0.647. The third-order valence-corrected chi connectivity index (χ3v) is 4.60. The van der Waals surface area contributed by atoms with Crippen LogP contribution in [0.15, 0.2) is 18.2 Å². The first-order chi connectivity index (χ1) is 9.81. The number of methoxy groups -OCH3 is 1. The first kappa shape index (κ1) is 13.9.